The summed E-state index contributed by atoms with van der Waals surface area (Å²) in [5, 5.41) is 3.60. The maximum Gasteiger partial charge on any atom is 0.133 e. The molecule has 0 amide bonds. The molecule has 3 rings (SSSR count). The third kappa shape index (κ3) is 3.35. The molecule has 5 heteroatoms. The third-order valence-electron chi connectivity index (χ3n) is 4.51. The summed E-state index contributed by atoms with van der Waals surface area (Å²) in [7, 11) is 2.15. The van der Waals surface area contributed by atoms with Crippen molar-refractivity contribution in [1.29, 1.82) is 0 Å². The smallest absolute Gasteiger partial charge is 0.133 e. The van der Waals surface area contributed by atoms with Gasteiger partial charge in [0.15, 0.2) is 0 Å². The van der Waals surface area contributed by atoms with Crippen molar-refractivity contribution >= 4 is 5.82 Å². The van der Waals surface area contributed by atoms with Crippen LogP contribution in [0.5, 0.6) is 0 Å². The van der Waals surface area contributed by atoms with E-state index in [1.54, 1.807) is 0 Å². The van der Waals surface area contributed by atoms with Crippen LogP contribution in [-0.2, 0) is 17.6 Å². The SMILES string of the molecule is Cc1nc2c(c(NC(C)C3CN(C)CCO3)n1)CCCC2. The van der Waals surface area contributed by atoms with Crippen LogP contribution in [-0.4, -0.2) is 53.8 Å². The number of likely N-dealkylation sites (N-methyl/N-ethyl adjacent to an activating group) is 1. The Balaban J connectivity index is 1.76. The van der Waals surface area contributed by atoms with Gasteiger partial charge in [0.25, 0.3) is 0 Å². The Bertz CT molecular complexity index is 505. The number of fused-ring (bicyclic) bond motifs is 1. The van der Waals surface area contributed by atoms with Crippen molar-refractivity contribution in [3.8, 4) is 0 Å². The second-order valence-electron chi connectivity index (χ2n) is 6.36. The van der Waals surface area contributed by atoms with Crippen molar-refractivity contribution in [1.82, 2.24) is 14.9 Å². The fourth-order valence-corrected chi connectivity index (χ4v) is 3.26. The topological polar surface area (TPSA) is 50.3 Å². The van der Waals surface area contributed by atoms with Crippen molar-refractivity contribution < 1.29 is 4.74 Å². The van der Waals surface area contributed by atoms with E-state index >= 15 is 0 Å². The summed E-state index contributed by atoms with van der Waals surface area (Å²) in [6.45, 7) is 6.98. The highest BCUT2D eigenvalue weighted by Crippen LogP contribution is 2.26. The zero-order chi connectivity index (χ0) is 14.8. The zero-order valence-corrected chi connectivity index (χ0v) is 13.4. The van der Waals surface area contributed by atoms with Crippen molar-refractivity contribution in [3.63, 3.8) is 0 Å². The Kier molecular flexibility index (Phi) is 4.40. The van der Waals surface area contributed by atoms with E-state index in [9.17, 15) is 0 Å². The summed E-state index contributed by atoms with van der Waals surface area (Å²) in [5.74, 6) is 1.90. The molecule has 1 aliphatic carbocycles. The maximum atomic E-state index is 5.91. The van der Waals surface area contributed by atoms with E-state index < -0.39 is 0 Å². The van der Waals surface area contributed by atoms with Gasteiger partial charge in [0.1, 0.15) is 11.6 Å². The molecule has 1 fully saturated rings. The van der Waals surface area contributed by atoms with Gasteiger partial charge in [0.2, 0.25) is 0 Å². The van der Waals surface area contributed by atoms with Gasteiger partial charge in [-0.25, -0.2) is 9.97 Å². The predicted molar refractivity (Wildman–Crippen MR) is 83.7 cm³/mol. The van der Waals surface area contributed by atoms with Crippen LogP contribution in [0.4, 0.5) is 5.82 Å². The van der Waals surface area contributed by atoms with Crippen molar-refractivity contribution in [2.45, 2.75) is 51.7 Å². The number of aromatic nitrogens is 2. The molecule has 1 N–H and O–H groups in total. The molecule has 0 bridgehead atoms. The molecule has 1 saturated heterocycles. The molecule has 2 aliphatic rings. The molecule has 0 aromatic carbocycles. The molecular weight excluding hydrogens is 264 g/mol. The van der Waals surface area contributed by atoms with E-state index in [2.05, 4.69) is 34.2 Å². The molecule has 5 nitrogen and oxygen atoms in total. The average molecular weight is 290 g/mol. The van der Waals surface area contributed by atoms with Gasteiger partial charge in [-0.15, -0.1) is 0 Å². The molecule has 0 spiro atoms. The van der Waals surface area contributed by atoms with Gasteiger partial charge in [0, 0.05) is 24.3 Å². The number of aryl methyl sites for hydroxylation is 2. The Hall–Kier alpha value is -1.20. The van der Waals surface area contributed by atoms with E-state index in [0.717, 1.165) is 44.2 Å². The van der Waals surface area contributed by atoms with Crippen LogP contribution in [0.1, 0.15) is 36.8 Å². The quantitative estimate of drug-likeness (QED) is 0.920. The predicted octanol–water partition coefficient (Wildman–Crippen LogP) is 1.79. The van der Waals surface area contributed by atoms with Crippen molar-refractivity contribution in [2.24, 2.45) is 0 Å². The molecule has 0 saturated carbocycles. The van der Waals surface area contributed by atoms with Crippen LogP contribution in [0.15, 0.2) is 0 Å². The summed E-state index contributed by atoms with van der Waals surface area (Å²) in [6.07, 6.45) is 4.89. The molecule has 1 aromatic heterocycles. The van der Waals surface area contributed by atoms with Crippen LogP contribution in [0, 0.1) is 6.92 Å². The number of morpholine rings is 1. The first-order chi connectivity index (χ1) is 10.1. The van der Waals surface area contributed by atoms with E-state index in [-0.39, 0.29) is 12.1 Å². The van der Waals surface area contributed by atoms with E-state index in [4.69, 9.17) is 4.74 Å². The number of nitrogens with zero attached hydrogens (tertiary/aromatic N) is 3. The summed E-state index contributed by atoms with van der Waals surface area (Å²) < 4.78 is 5.91. The molecule has 1 aromatic rings. The standard InChI is InChI=1S/C16H26N4O/c1-11(15-10-20(3)8-9-21-15)17-16-13-6-4-5-7-14(13)18-12(2)19-16/h11,15H,4-10H2,1-3H3,(H,17,18,19). The Morgan fingerprint density at radius 1 is 1.29 bits per heavy atom. The monoisotopic (exact) mass is 290 g/mol. The first-order valence-electron chi connectivity index (χ1n) is 8.06. The minimum atomic E-state index is 0.221. The van der Waals surface area contributed by atoms with Crippen molar-refractivity contribution in [3.05, 3.63) is 17.1 Å². The highest BCUT2D eigenvalue weighted by atomic mass is 16.5. The molecule has 1 aliphatic heterocycles. The molecule has 116 valence electrons. The number of nitrogens with one attached hydrogen (secondary N) is 1. The van der Waals surface area contributed by atoms with Gasteiger partial charge in [-0.1, -0.05) is 0 Å². The molecule has 2 atom stereocenters. The van der Waals surface area contributed by atoms with Crippen LogP contribution < -0.4 is 5.32 Å². The Morgan fingerprint density at radius 2 is 2.10 bits per heavy atom. The maximum absolute atomic E-state index is 5.91. The van der Waals surface area contributed by atoms with Crippen LogP contribution >= 0.6 is 0 Å². The van der Waals surface area contributed by atoms with Crippen LogP contribution in [0.3, 0.4) is 0 Å². The van der Waals surface area contributed by atoms with Crippen molar-refractivity contribution in [2.75, 3.05) is 32.1 Å². The lowest BCUT2D eigenvalue weighted by molar-refractivity contribution is -0.0260. The van der Waals surface area contributed by atoms with Gasteiger partial charge in [-0.05, 0) is 46.6 Å². The van der Waals surface area contributed by atoms with E-state index in [0.29, 0.717) is 0 Å². The summed E-state index contributed by atoms with van der Waals surface area (Å²) in [6, 6.07) is 0.257. The summed E-state index contributed by atoms with van der Waals surface area (Å²) >= 11 is 0. The highest BCUT2D eigenvalue weighted by molar-refractivity contribution is 5.48. The average Bonchev–Trinajstić information content (AvgIpc) is 2.47. The van der Waals surface area contributed by atoms with Crippen LogP contribution in [0.2, 0.25) is 0 Å². The highest BCUT2D eigenvalue weighted by Gasteiger charge is 2.25. The third-order valence-corrected chi connectivity index (χ3v) is 4.51. The van der Waals surface area contributed by atoms with Gasteiger partial charge in [0.05, 0.1) is 18.8 Å². The molecule has 2 heterocycles. The number of rotatable bonds is 3. The first-order valence-corrected chi connectivity index (χ1v) is 8.06. The number of anilines is 1. The fourth-order valence-electron chi connectivity index (χ4n) is 3.26. The lowest BCUT2D eigenvalue weighted by atomic mass is 9.96. The van der Waals surface area contributed by atoms with Gasteiger partial charge in [-0.2, -0.15) is 0 Å². The Labute approximate surface area is 127 Å². The molecule has 2 unspecified atom stereocenters. The minimum Gasteiger partial charge on any atom is -0.373 e. The van der Waals surface area contributed by atoms with Crippen LogP contribution in [0.25, 0.3) is 0 Å². The van der Waals surface area contributed by atoms with Gasteiger partial charge < -0.3 is 15.0 Å². The normalized spacial score (nSPS) is 24.4. The first kappa shape index (κ1) is 14.7. The fraction of sp³-hybridized carbons (Fsp3) is 0.750. The van der Waals surface area contributed by atoms with E-state index in [1.807, 2.05) is 6.92 Å². The molecule has 0 radical (unpaired) electrons. The number of ether oxygens (including phenoxy) is 1. The number of hydrogen-bond donors (Lipinski definition) is 1. The zero-order valence-electron chi connectivity index (χ0n) is 13.4. The van der Waals surface area contributed by atoms with Gasteiger partial charge in [-0.3, -0.25) is 0 Å². The summed E-state index contributed by atoms with van der Waals surface area (Å²) in [4.78, 5) is 11.6. The second kappa shape index (κ2) is 6.28. The largest absolute Gasteiger partial charge is 0.373 e. The van der Waals surface area contributed by atoms with Gasteiger partial charge >= 0.3 is 0 Å². The molecular formula is C16H26N4O. The number of hydrogen-bond acceptors (Lipinski definition) is 5. The second-order valence-corrected chi connectivity index (χ2v) is 6.36. The summed E-state index contributed by atoms with van der Waals surface area (Å²) in [5.41, 5.74) is 2.56. The Morgan fingerprint density at radius 3 is 2.90 bits per heavy atom. The minimum absolute atomic E-state index is 0.221. The lowest BCUT2D eigenvalue weighted by Gasteiger charge is -2.34. The lowest BCUT2D eigenvalue weighted by Crippen LogP contribution is -2.47. The van der Waals surface area contributed by atoms with E-state index in [1.165, 1.54) is 24.1 Å². The molecule has 21 heavy (non-hydrogen) atoms.